The molecule has 0 amide bonds. The molecule has 0 saturated carbocycles. The van der Waals surface area contributed by atoms with Crippen molar-refractivity contribution in [1.82, 2.24) is 0 Å². The van der Waals surface area contributed by atoms with Crippen molar-refractivity contribution in [2.75, 3.05) is 0 Å². The Bertz CT molecular complexity index is 1700. The van der Waals surface area contributed by atoms with Crippen molar-refractivity contribution in [3.8, 4) is 0 Å². The van der Waals surface area contributed by atoms with Gasteiger partial charge in [0, 0.05) is 0 Å². The number of fused-ring (bicyclic) bond motifs is 3. The molecule has 0 saturated heterocycles. The Kier molecular flexibility index (Phi) is 15.0. The van der Waals surface area contributed by atoms with Crippen LogP contribution in [0, 0.1) is 17.9 Å². The molecule has 5 aromatic rings. The van der Waals surface area contributed by atoms with Gasteiger partial charge in [-0.1, -0.05) is 116 Å². The first-order valence-electron chi connectivity index (χ1n) is 16.3. The third kappa shape index (κ3) is 10.8. The molecule has 1 aliphatic rings. The predicted molar refractivity (Wildman–Crippen MR) is 195 cm³/mol. The molecule has 6 rings (SSSR count). The first kappa shape index (κ1) is 40.7. The Morgan fingerprint density at radius 3 is 1.38 bits per heavy atom. The number of hydrogen-bond donors (Lipinski definition) is 0. The average Bonchev–Trinajstić information content (AvgIpc) is 3.55. The Hall–Kier alpha value is -2.44. The van der Waals surface area contributed by atoms with Gasteiger partial charge in [-0.05, 0) is 10.8 Å². The van der Waals surface area contributed by atoms with Crippen LogP contribution >= 0.6 is 0 Å². The first-order valence-corrected chi connectivity index (χ1v) is 17.5. The summed E-state index contributed by atoms with van der Waals surface area (Å²) in [5, 5.41) is 5.48. The summed E-state index contributed by atoms with van der Waals surface area (Å²) in [4.78, 5) is 0. The summed E-state index contributed by atoms with van der Waals surface area (Å²) >= 11 is 1.46. The van der Waals surface area contributed by atoms with Gasteiger partial charge >= 0.3 is 99.2 Å². The molecule has 0 aliphatic heterocycles. The first-order chi connectivity index (χ1) is 21.1. The molecule has 246 valence electrons. The van der Waals surface area contributed by atoms with Crippen LogP contribution in [0.4, 0.5) is 0 Å². The number of hydrogen-bond acceptors (Lipinski definition) is 0. The fourth-order valence-electron chi connectivity index (χ4n) is 5.82. The van der Waals surface area contributed by atoms with E-state index >= 15 is 0 Å². The molecule has 3 heteroatoms. The molecule has 0 spiro atoms. The van der Waals surface area contributed by atoms with Gasteiger partial charge in [0.05, 0.1) is 0 Å². The summed E-state index contributed by atoms with van der Waals surface area (Å²) in [6.45, 7) is 22.4. The van der Waals surface area contributed by atoms with E-state index in [0.29, 0.717) is 11.8 Å². The topological polar surface area (TPSA) is 0 Å². The second-order valence-electron chi connectivity index (χ2n) is 14.7. The van der Waals surface area contributed by atoms with Gasteiger partial charge in [-0.2, -0.15) is 11.6 Å². The summed E-state index contributed by atoms with van der Waals surface area (Å²) < 4.78 is 1.42. The van der Waals surface area contributed by atoms with Crippen molar-refractivity contribution >= 4 is 24.8 Å². The van der Waals surface area contributed by atoms with Crippen LogP contribution in [0.2, 0.25) is 0 Å². The third-order valence-electron chi connectivity index (χ3n) is 8.49. The van der Waals surface area contributed by atoms with Crippen LogP contribution in [0.1, 0.15) is 91.5 Å². The average molecular weight is 741 g/mol. The third-order valence-corrected chi connectivity index (χ3v) is 9.91. The van der Waals surface area contributed by atoms with Crippen molar-refractivity contribution in [3.63, 3.8) is 0 Å². The van der Waals surface area contributed by atoms with Crippen LogP contribution in [0.25, 0.3) is 21.5 Å². The number of halogens is 2. The fraction of sp³-hybridized carbons (Fsp3) is 0.318. The molecule has 0 nitrogen and oxygen atoms in total. The van der Waals surface area contributed by atoms with E-state index in [9.17, 15) is 0 Å². The maximum atomic E-state index is 3.37. The second-order valence-corrected chi connectivity index (χ2v) is 15.9. The molecule has 0 radical (unpaired) electrons. The van der Waals surface area contributed by atoms with Crippen molar-refractivity contribution in [1.29, 1.82) is 0 Å². The van der Waals surface area contributed by atoms with Gasteiger partial charge in [0.1, 0.15) is 0 Å². The summed E-state index contributed by atoms with van der Waals surface area (Å²) in [7, 11) is 0. The van der Waals surface area contributed by atoms with Gasteiger partial charge in [0.25, 0.3) is 0 Å². The molecule has 0 fully saturated rings. The normalized spacial score (nSPS) is 14.2. The zero-order valence-corrected chi connectivity index (χ0v) is 33.8. The Balaban J connectivity index is 0.000000258. The van der Waals surface area contributed by atoms with Crippen LogP contribution in [0.5, 0.6) is 0 Å². The minimum atomic E-state index is 0. The summed E-state index contributed by atoms with van der Waals surface area (Å²) in [5.41, 5.74) is 8.70. The van der Waals surface area contributed by atoms with Gasteiger partial charge in [-0.3, -0.25) is 6.08 Å². The van der Waals surface area contributed by atoms with E-state index in [4.69, 9.17) is 0 Å². The van der Waals surface area contributed by atoms with Gasteiger partial charge in [-0.15, -0.1) is 39.7 Å². The summed E-state index contributed by atoms with van der Waals surface area (Å²) in [6, 6.07) is 37.3. The Morgan fingerprint density at radius 1 is 0.681 bits per heavy atom. The number of benzene rings is 4. The molecule has 0 heterocycles. The van der Waals surface area contributed by atoms with Gasteiger partial charge in [0.15, 0.2) is 0 Å². The molecule has 1 unspecified atom stereocenters. The van der Waals surface area contributed by atoms with E-state index in [1.807, 2.05) is 0 Å². The molecular weight excluding hydrogens is 691 g/mol. The van der Waals surface area contributed by atoms with Crippen LogP contribution in [-0.2, 0) is 35.1 Å². The zero-order chi connectivity index (χ0) is 32.9. The predicted octanol–water partition coefficient (Wildman–Crippen LogP) is 6.09. The number of allylic oxidation sites excluding steroid dienone is 4. The van der Waals surface area contributed by atoms with Crippen LogP contribution in [0.15, 0.2) is 120 Å². The van der Waals surface area contributed by atoms with E-state index in [0.717, 1.165) is 0 Å². The van der Waals surface area contributed by atoms with E-state index in [1.54, 1.807) is 0 Å². The Morgan fingerprint density at radius 2 is 1.09 bits per heavy atom. The van der Waals surface area contributed by atoms with Crippen LogP contribution in [0.3, 0.4) is 0 Å². The quantitative estimate of drug-likeness (QED) is 0.197. The van der Waals surface area contributed by atoms with Crippen molar-refractivity contribution in [2.45, 2.75) is 80.1 Å². The number of rotatable bonds is 3. The van der Waals surface area contributed by atoms with Crippen molar-refractivity contribution in [3.05, 3.63) is 149 Å². The summed E-state index contributed by atoms with van der Waals surface area (Å²) in [5.74, 6) is 1.20. The molecule has 0 N–H and O–H groups in total. The van der Waals surface area contributed by atoms with Crippen LogP contribution < -0.4 is 24.8 Å². The SMILES string of the molecule is CC(C)(C)c1ccc2c(c1)[cH-]c1cc(C(C)(C)C)ccc12.CC1=[C-]C(C)C=C1C(C)C.[Cl-].[Cl-].[Zr+2]=[C](c1ccccc1)c1ccccc1. The van der Waals surface area contributed by atoms with Gasteiger partial charge < -0.3 is 24.8 Å². The standard InChI is InChI=1S/C21H25.C13H10.C10H15.2ClH.Zr/c1-20(2,3)16-7-9-18-14(12-16)11-15-13-17(21(4,5)6)8-10-19(15)18;1-3-7-12(8-4-1)11-13-9-5-2-6-10-13;1-7(2)10-6-8(3)5-9(10)4;;;/h7-13H,1-6H3;1-10H;6-8H,1-4H3;2*1H;/q-1;;-1;;;+2/p-2. The van der Waals surface area contributed by atoms with E-state index in [1.165, 1.54) is 82.4 Å². The molecule has 1 aliphatic carbocycles. The molecule has 0 aromatic heterocycles. The molecular formula is C44H50Cl2Zr-2. The zero-order valence-electron chi connectivity index (χ0n) is 29.8. The molecule has 0 bridgehead atoms. The van der Waals surface area contributed by atoms with E-state index in [2.05, 4.69) is 185 Å². The van der Waals surface area contributed by atoms with Crippen molar-refractivity contribution < 1.29 is 49.0 Å². The molecule has 47 heavy (non-hydrogen) atoms. The van der Waals surface area contributed by atoms with E-state index < -0.39 is 0 Å². The minimum absolute atomic E-state index is 0. The summed E-state index contributed by atoms with van der Waals surface area (Å²) in [6.07, 6.45) is 5.68. The van der Waals surface area contributed by atoms with E-state index in [-0.39, 0.29) is 35.6 Å². The monoisotopic (exact) mass is 738 g/mol. The van der Waals surface area contributed by atoms with Crippen LogP contribution in [-0.4, -0.2) is 3.21 Å². The Labute approximate surface area is 312 Å². The second kappa shape index (κ2) is 17.3. The van der Waals surface area contributed by atoms with Gasteiger partial charge in [-0.25, -0.2) is 5.57 Å². The maximum absolute atomic E-state index is 3.37. The fourth-order valence-corrected chi connectivity index (χ4v) is 6.64. The molecule has 5 aromatic carbocycles. The van der Waals surface area contributed by atoms with Gasteiger partial charge in [0.2, 0.25) is 0 Å². The van der Waals surface area contributed by atoms with Crippen molar-refractivity contribution in [2.24, 2.45) is 11.8 Å². The molecule has 1 atom stereocenters.